The van der Waals surface area contributed by atoms with Crippen LogP contribution in [0, 0.1) is 11.8 Å². The van der Waals surface area contributed by atoms with Crippen molar-refractivity contribution in [3.05, 3.63) is 0 Å². The summed E-state index contributed by atoms with van der Waals surface area (Å²) in [6.07, 6.45) is 71.0. The molecule has 630 valence electrons. The Bertz CT molecular complexity index is 2030. The van der Waals surface area contributed by atoms with Crippen LogP contribution in [0.3, 0.4) is 0 Å². The first-order chi connectivity index (χ1) is 51.4. The van der Waals surface area contributed by atoms with Crippen molar-refractivity contribution in [2.24, 2.45) is 11.8 Å². The van der Waals surface area contributed by atoms with Gasteiger partial charge in [-0.25, -0.2) is 9.13 Å². The molecule has 0 spiro atoms. The molecule has 0 aliphatic heterocycles. The molecule has 0 aliphatic rings. The monoisotopic (exact) mass is 1550 g/mol. The van der Waals surface area contributed by atoms with Gasteiger partial charge in [0.1, 0.15) is 19.3 Å². The molecule has 0 fully saturated rings. The van der Waals surface area contributed by atoms with Gasteiger partial charge in [-0.2, -0.15) is 0 Å². The fourth-order valence-electron chi connectivity index (χ4n) is 13.6. The Balaban J connectivity index is 5.18. The lowest BCUT2D eigenvalue weighted by Gasteiger charge is -2.21. The first-order valence-corrected chi connectivity index (χ1v) is 48.0. The zero-order valence-corrected chi connectivity index (χ0v) is 71.5. The maximum atomic E-state index is 13.1. The van der Waals surface area contributed by atoms with E-state index in [0.29, 0.717) is 25.7 Å². The number of ether oxygens (including phenoxy) is 4. The number of hydrogen-bond donors (Lipinski definition) is 3. The van der Waals surface area contributed by atoms with Gasteiger partial charge in [0.2, 0.25) is 0 Å². The largest absolute Gasteiger partial charge is 0.472 e. The van der Waals surface area contributed by atoms with Crippen LogP contribution in [-0.2, 0) is 65.4 Å². The molecule has 0 saturated carbocycles. The molecule has 5 atom stereocenters. The number of phosphoric acid groups is 2. The number of rotatable bonds is 86. The molecule has 0 aliphatic carbocycles. The summed E-state index contributed by atoms with van der Waals surface area (Å²) in [5.74, 6) is -0.496. The Morgan fingerprint density at radius 2 is 0.434 bits per heavy atom. The molecule has 2 unspecified atom stereocenters. The molecule has 106 heavy (non-hydrogen) atoms. The zero-order chi connectivity index (χ0) is 77.8. The van der Waals surface area contributed by atoms with Gasteiger partial charge in [0.25, 0.3) is 0 Å². The van der Waals surface area contributed by atoms with E-state index >= 15 is 0 Å². The van der Waals surface area contributed by atoms with E-state index in [1.165, 1.54) is 276 Å². The second-order valence-corrected chi connectivity index (χ2v) is 35.1. The Morgan fingerprint density at radius 1 is 0.255 bits per heavy atom. The smallest absolute Gasteiger partial charge is 0.462 e. The number of unbranched alkanes of at least 4 members (excludes halogenated alkanes) is 56. The SMILES string of the molecule is CCCCCCCCCCCCCCCCCCCCCCCCC(=O)O[C@H](COC(=O)CCCCCCCCCCCCCCCCCCC(C)C)COP(=O)(O)OC[C@@H](O)COP(=O)(O)OC[C@@H](COC(=O)CCCCCCCCCC)OC(=O)CCCCCCCCCCCCCCCCC(C)C. The van der Waals surface area contributed by atoms with E-state index in [0.717, 1.165) is 108 Å². The predicted molar refractivity (Wildman–Crippen MR) is 437 cm³/mol. The van der Waals surface area contributed by atoms with Crippen LogP contribution in [0.5, 0.6) is 0 Å². The fraction of sp³-hybridized carbons (Fsp3) is 0.954. The highest BCUT2D eigenvalue weighted by Gasteiger charge is 2.30. The molecule has 0 bridgehead atoms. The van der Waals surface area contributed by atoms with E-state index < -0.39 is 97.5 Å². The van der Waals surface area contributed by atoms with E-state index in [4.69, 9.17) is 37.0 Å². The van der Waals surface area contributed by atoms with E-state index in [1.807, 2.05) is 0 Å². The summed E-state index contributed by atoms with van der Waals surface area (Å²) in [4.78, 5) is 73.1. The van der Waals surface area contributed by atoms with Crippen molar-refractivity contribution in [1.29, 1.82) is 0 Å². The second kappa shape index (κ2) is 78.3. The summed E-state index contributed by atoms with van der Waals surface area (Å²) in [5, 5.41) is 10.7. The van der Waals surface area contributed by atoms with Gasteiger partial charge in [0.15, 0.2) is 12.2 Å². The van der Waals surface area contributed by atoms with Gasteiger partial charge in [0.05, 0.1) is 26.4 Å². The first kappa shape index (κ1) is 104. The highest BCUT2D eigenvalue weighted by atomic mass is 31.2. The van der Waals surface area contributed by atoms with Gasteiger partial charge < -0.3 is 33.8 Å². The summed E-state index contributed by atoms with van der Waals surface area (Å²) in [6.45, 7) is 9.70. The molecule has 0 aromatic heterocycles. The van der Waals surface area contributed by atoms with Gasteiger partial charge in [-0.15, -0.1) is 0 Å². The third-order valence-corrected chi connectivity index (χ3v) is 22.4. The van der Waals surface area contributed by atoms with E-state index in [-0.39, 0.29) is 25.7 Å². The third kappa shape index (κ3) is 80.1. The van der Waals surface area contributed by atoms with Crippen LogP contribution in [0.1, 0.15) is 465 Å². The fourth-order valence-corrected chi connectivity index (χ4v) is 15.2. The minimum atomic E-state index is -4.97. The Labute approximate surface area is 651 Å². The Hall–Kier alpha value is -1.94. The van der Waals surface area contributed by atoms with Crippen LogP contribution < -0.4 is 0 Å². The van der Waals surface area contributed by atoms with Crippen molar-refractivity contribution in [1.82, 2.24) is 0 Å². The minimum absolute atomic E-state index is 0.108. The number of carbonyl (C=O) groups is 4. The standard InChI is InChI=1S/C87H170O17P2/c1-7-9-11-13-15-17-18-19-20-21-22-23-24-25-26-31-37-42-47-53-59-65-71-87(92)104-83(76-98-85(90)70-64-58-52-46-41-36-30-28-27-29-34-39-44-49-55-61-67-79(3)4)78-102-106(95,96)100-74-81(88)73-99-105(93,94)101-77-82(75-97-84(89)69-63-57-51-16-14-12-10-8-2)103-86(91)72-66-60-54-48-43-38-33-32-35-40-45-50-56-62-68-80(5)6/h79-83,88H,7-78H2,1-6H3,(H,93,94)(H,95,96)/t81-,82+,83+/m0/s1. The van der Waals surface area contributed by atoms with Crippen molar-refractivity contribution < 1.29 is 80.2 Å². The highest BCUT2D eigenvalue weighted by molar-refractivity contribution is 7.47. The van der Waals surface area contributed by atoms with Crippen LogP contribution in [0.4, 0.5) is 0 Å². The summed E-state index contributed by atoms with van der Waals surface area (Å²) < 4.78 is 68.8. The predicted octanol–water partition coefficient (Wildman–Crippen LogP) is 26.6. The number of esters is 4. The van der Waals surface area contributed by atoms with Crippen molar-refractivity contribution in [2.45, 2.75) is 484 Å². The second-order valence-electron chi connectivity index (χ2n) is 32.2. The number of aliphatic hydroxyl groups is 1. The lowest BCUT2D eigenvalue weighted by molar-refractivity contribution is -0.161. The molecule has 0 aromatic rings. The van der Waals surface area contributed by atoms with Gasteiger partial charge in [-0.3, -0.25) is 37.3 Å². The molecule has 0 rings (SSSR count). The number of aliphatic hydroxyl groups excluding tert-OH is 1. The molecule has 0 amide bonds. The molecular weight excluding hydrogens is 1380 g/mol. The minimum Gasteiger partial charge on any atom is -0.462 e. The lowest BCUT2D eigenvalue weighted by Crippen LogP contribution is -2.30. The quantitative estimate of drug-likeness (QED) is 0.0222. The lowest BCUT2D eigenvalue weighted by atomic mass is 10.0. The molecule has 0 heterocycles. The van der Waals surface area contributed by atoms with Crippen molar-refractivity contribution >= 4 is 39.5 Å². The zero-order valence-electron chi connectivity index (χ0n) is 69.7. The topological polar surface area (TPSA) is 237 Å². The highest BCUT2D eigenvalue weighted by Crippen LogP contribution is 2.45. The molecule has 0 radical (unpaired) electrons. The van der Waals surface area contributed by atoms with Crippen molar-refractivity contribution in [3.63, 3.8) is 0 Å². The molecule has 17 nitrogen and oxygen atoms in total. The third-order valence-electron chi connectivity index (χ3n) is 20.5. The Kier molecular flexibility index (Phi) is 76.9. The average Bonchev–Trinajstić information content (AvgIpc) is 0.901. The summed E-state index contributed by atoms with van der Waals surface area (Å²) in [5.41, 5.74) is 0. The number of hydrogen-bond acceptors (Lipinski definition) is 15. The normalized spacial score (nSPS) is 13.8. The van der Waals surface area contributed by atoms with Crippen LogP contribution in [0.15, 0.2) is 0 Å². The number of phosphoric ester groups is 2. The molecule has 0 saturated heterocycles. The van der Waals surface area contributed by atoms with Crippen LogP contribution >= 0.6 is 15.6 Å². The first-order valence-electron chi connectivity index (χ1n) is 45.0. The van der Waals surface area contributed by atoms with Crippen molar-refractivity contribution in [2.75, 3.05) is 39.6 Å². The summed E-state index contributed by atoms with van der Waals surface area (Å²) in [7, 11) is -9.92. The van der Waals surface area contributed by atoms with E-state index in [9.17, 15) is 43.2 Å². The van der Waals surface area contributed by atoms with Crippen LogP contribution in [0.25, 0.3) is 0 Å². The molecular formula is C87H170O17P2. The van der Waals surface area contributed by atoms with Crippen LogP contribution in [-0.4, -0.2) is 96.7 Å². The van der Waals surface area contributed by atoms with Crippen molar-refractivity contribution in [3.8, 4) is 0 Å². The molecule has 3 N–H and O–H groups in total. The van der Waals surface area contributed by atoms with Gasteiger partial charge in [-0.05, 0) is 37.5 Å². The average molecular weight is 1550 g/mol. The van der Waals surface area contributed by atoms with E-state index in [2.05, 4.69) is 41.5 Å². The number of carbonyl (C=O) groups excluding carboxylic acids is 4. The molecule has 19 heteroatoms. The van der Waals surface area contributed by atoms with Gasteiger partial charge in [-0.1, -0.05) is 414 Å². The van der Waals surface area contributed by atoms with Crippen LogP contribution in [0.2, 0.25) is 0 Å². The van der Waals surface area contributed by atoms with Gasteiger partial charge >= 0.3 is 39.5 Å². The summed E-state index contributed by atoms with van der Waals surface area (Å²) in [6, 6.07) is 0. The van der Waals surface area contributed by atoms with Gasteiger partial charge in [0, 0.05) is 25.7 Å². The maximum Gasteiger partial charge on any atom is 0.472 e. The molecule has 0 aromatic carbocycles. The maximum absolute atomic E-state index is 13.1. The Morgan fingerprint density at radius 3 is 0.642 bits per heavy atom. The van der Waals surface area contributed by atoms with E-state index in [1.54, 1.807) is 0 Å². The summed E-state index contributed by atoms with van der Waals surface area (Å²) >= 11 is 0.